The van der Waals surface area contributed by atoms with Crippen molar-refractivity contribution in [2.75, 3.05) is 25.1 Å². The highest BCUT2D eigenvalue weighted by atomic mass is 35.5. The topological polar surface area (TPSA) is 43.4 Å². The Morgan fingerprint density at radius 2 is 2.00 bits per heavy atom. The lowest BCUT2D eigenvalue weighted by Crippen LogP contribution is -2.28. The molecule has 0 radical (unpaired) electrons. The number of nitrogens with zero attached hydrogens (tertiary/aromatic N) is 1. The number of benzene rings is 1. The van der Waals surface area contributed by atoms with E-state index in [0.717, 1.165) is 40.3 Å². The van der Waals surface area contributed by atoms with Crippen molar-refractivity contribution in [3.05, 3.63) is 34.9 Å². The SMILES string of the molecule is Cc1ccc(Cl)c2ccc(NCCC3(C)OCCO3)nc12. The molecule has 1 N–H and O–H groups in total. The second kappa shape index (κ2) is 5.79. The lowest BCUT2D eigenvalue weighted by molar-refractivity contribution is -0.144. The molecule has 0 saturated carbocycles. The van der Waals surface area contributed by atoms with Gasteiger partial charge in [-0.3, -0.25) is 0 Å². The van der Waals surface area contributed by atoms with E-state index in [2.05, 4.69) is 10.3 Å². The standard InChI is InChI=1S/C16H19ClN2O2/c1-11-3-5-13(17)12-4-6-14(19-15(11)12)18-8-7-16(2)20-9-10-21-16/h3-6H,7-10H2,1-2H3,(H,18,19). The molecule has 1 aromatic carbocycles. The fourth-order valence-electron chi connectivity index (χ4n) is 2.54. The molecule has 112 valence electrons. The molecule has 0 spiro atoms. The molecule has 1 aromatic heterocycles. The van der Waals surface area contributed by atoms with E-state index in [1.807, 2.05) is 38.1 Å². The van der Waals surface area contributed by atoms with Gasteiger partial charge in [0.1, 0.15) is 5.82 Å². The number of anilines is 1. The zero-order valence-corrected chi connectivity index (χ0v) is 13.0. The summed E-state index contributed by atoms with van der Waals surface area (Å²) in [5.74, 6) is 0.373. The first-order valence-corrected chi connectivity index (χ1v) is 7.53. The van der Waals surface area contributed by atoms with Crippen molar-refractivity contribution in [1.29, 1.82) is 0 Å². The van der Waals surface area contributed by atoms with Crippen LogP contribution in [0.3, 0.4) is 0 Å². The average molecular weight is 307 g/mol. The minimum absolute atomic E-state index is 0.469. The number of pyridine rings is 1. The molecule has 3 rings (SSSR count). The molecule has 1 fully saturated rings. The molecule has 0 amide bonds. The number of nitrogens with one attached hydrogen (secondary N) is 1. The lowest BCUT2D eigenvalue weighted by Gasteiger charge is -2.22. The van der Waals surface area contributed by atoms with Crippen molar-refractivity contribution < 1.29 is 9.47 Å². The van der Waals surface area contributed by atoms with Gasteiger partial charge in [0.15, 0.2) is 5.79 Å². The van der Waals surface area contributed by atoms with Gasteiger partial charge in [0.25, 0.3) is 0 Å². The van der Waals surface area contributed by atoms with Crippen LogP contribution in [-0.4, -0.2) is 30.5 Å². The van der Waals surface area contributed by atoms with E-state index in [4.69, 9.17) is 21.1 Å². The van der Waals surface area contributed by atoms with Gasteiger partial charge in [-0.2, -0.15) is 0 Å². The normalized spacial score (nSPS) is 17.3. The zero-order chi connectivity index (χ0) is 14.9. The first kappa shape index (κ1) is 14.6. The molecule has 21 heavy (non-hydrogen) atoms. The summed E-state index contributed by atoms with van der Waals surface area (Å²) in [4.78, 5) is 4.65. The predicted molar refractivity (Wildman–Crippen MR) is 84.9 cm³/mol. The number of hydrogen-bond donors (Lipinski definition) is 1. The summed E-state index contributed by atoms with van der Waals surface area (Å²) in [5, 5.41) is 5.04. The van der Waals surface area contributed by atoms with Gasteiger partial charge in [0.05, 0.1) is 18.7 Å². The van der Waals surface area contributed by atoms with Gasteiger partial charge < -0.3 is 14.8 Å². The maximum absolute atomic E-state index is 6.20. The van der Waals surface area contributed by atoms with Crippen LogP contribution in [0, 0.1) is 6.92 Å². The van der Waals surface area contributed by atoms with Crippen LogP contribution < -0.4 is 5.32 Å². The number of rotatable bonds is 4. The summed E-state index contributed by atoms with van der Waals surface area (Å²) in [6.07, 6.45) is 0.779. The number of aromatic nitrogens is 1. The summed E-state index contributed by atoms with van der Waals surface area (Å²) in [6, 6.07) is 7.85. The van der Waals surface area contributed by atoms with E-state index in [1.165, 1.54) is 0 Å². The Morgan fingerprint density at radius 3 is 2.76 bits per heavy atom. The molecule has 2 aromatic rings. The van der Waals surface area contributed by atoms with Crippen LogP contribution in [-0.2, 0) is 9.47 Å². The lowest BCUT2D eigenvalue weighted by atomic mass is 10.1. The summed E-state index contributed by atoms with van der Waals surface area (Å²) < 4.78 is 11.2. The highest BCUT2D eigenvalue weighted by molar-refractivity contribution is 6.35. The van der Waals surface area contributed by atoms with Gasteiger partial charge in [-0.05, 0) is 37.6 Å². The van der Waals surface area contributed by atoms with Gasteiger partial charge in [-0.1, -0.05) is 17.7 Å². The van der Waals surface area contributed by atoms with Crippen LogP contribution in [0.15, 0.2) is 24.3 Å². The van der Waals surface area contributed by atoms with E-state index < -0.39 is 5.79 Å². The summed E-state index contributed by atoms with van der Waals surface area (Å²) in [5.41, 5.74) is 2.06. The minimum Gasteiger partial charge on any atom is -0.370 e. The molecule has 0 aliphatic carbocycles. The molecule has 0 bridgehead atoms. The van der Waals surface area contributed by atoms with Crippen LogP contribution in [0.1, 0.15) is 18.9 Å². The first-order valence-electron chi connectivity index (χ1n) is 7.15. The molecule has 4 nitrogen and oxygen atoms in total. The van der Waals surface area contributed by atoms with Gasteiger partial charge in [-0.15, -0.1) is 0 Å². The average Bonchev–Trinajstić information content (AvgIpc) is 2.90. The van der Waals surface area contributed by atoms with Crippen molar-refractivity contribution in [1.82, 2.24) is 4.98 Å². The van der Waals surface area contributed by atoms with Crippen LogP contribution in [0.25, 0.3) is 10.9 Å². The second-order valence-corrected chi connectivity index (χ2v) is 5.87. The Balaban J connectivity index is 1.71. The summed E-state index contributed by atoms with van der Waals surface area (Å²) in [6.45, 7) is 6.09. The number of aryl methyl sites for hydroxylation is 1. The zero-order valence-electron chi connectivity index (χ0n) is 12.3. The van der Waals surface area contributed by atoms with E-state index >= 15 is 0 Å². The Labute approximate surface area is 129 Å². The van der Waals surface area contributed by atoms with Gasteiger partial charge in [0.2, 0.25) is 0 Å². The highest BCUT2D eigenvalue weighted by Crippen LogP contribution is 2.27. The van der Waals surface area contributed by atoms with Crippen LogP contribution in [0.4, 0.5) is 5.82 Å². The predicted octanol–water partition coefficient (Wildman–Crippen LogP) is 3.76. The van der Waals surface area contributed by atoms with Gasteiger partial charge >= 0.3 is 0 Å². The van der Waals surface area contributed by atoms with Gasteiger partial charge in [-0.25, -0.2) is 4.98 Å². The Hall–Kier alpha value is -1.36. The summed E-state index contributed by atoms with van der Waals surface area (Å²) in [7, 11) is 0. The smallest absolute Gasteiger partial charge is 0.167 e. The fourth-order valence-corrected chi connectivity index (χ4v) is 2.75. The van der Waals surface area contributed by atoms with Crippen molar-refractivity contribution >= 4 is 28.3 Å². The molecule has 1 aliphatic rings. The van der Waals surface area contributed by atoms with Crippen molar-refractivity contribution in [3.63, 3.8) is 0 Å². The monoisotopic (exact) mass is 306 g/mol. The number of halogens is 1. The molecule has 2 heterocycles. The fraction of sp³-hybridized carbons (Fsp3) is 0.438. The Bertz CT molecular complexity index is 654. The Morgan fingerprint density at radius 1 is 1.24 bits per heavy atom. The van der Waals surface area contributed by atoms with Gasteiger partial charge in [0, 0.05) is 23.4 Å². The van der Waals surface area contributed by atoms with Crippen molar-refractivity contribution in [2.45, 2.75) is 26.1 Å². The second-order valence-electron chi connectivity index (χ2n) is 5.46. The molecule has 0 unspecified atom stereocenters. The number of hydrogen-bond acceptors (Lipinski definition) is 4. The van der Waals surface area contributed by atoms with Crippen molar-refractivity contribution in [2.24, 2.45) is 0 Å². The minimum atomic E-state index is -0.469. The molecule has 1 aliphatic heterocycles. The van der Waals surface area contributed by atoms with E-state index in [-0.39, 0.29) is 0 Å². The highest BCUT2D eigenvalue weighted by Gasteiger charge is 2.30. The number of fused-ring (bicyclic) bond motifs is 1. The molecule has 0 atom stereocenters. The number of ether oxygens (including phenoxy) is 2. The van der Waals surface area contributed by atoms with Crippen molar-refractivity contribution in [3.8, 4) is 0 Å². The Kier molecular flexibility index (Phi) is 4.02. The van der Waals surface area contributed by atoms with E-state index in [9.17, 15) is 0 Å². The van der Waals surface area contributed by atoms with E-state index in [1.54, 1.807) is 0 Å². The first-order chi connectivity index (χ1) is 10.1. The maximum atomic E-state index is 6.20. The quantitative estimate of drug-likeness (QED) is 0.934. The maximum Gasteiger partial charge on any atom is 0.167 e. The van der Waals surface area contributed by atoms with Crippen LogP contribution in [0.5, 0.6) is 0 Å². The molecular weight excluding hydrogens is 288 g/mol. The molecular formula is C16H19ClN2O2. The van der Waals surface area contributed by atoms with E-state index in [0.29, 0.717) is 13.2 Å². The molecule has 5 heteroatoms. The van der Waals surface area contributed by atoms with Crippen LogP contribution >= 0.6 is 11.6 Å². The third-order valence-corrected chi connectivity index (χ3v) is 4.12. The largest absolute Gasteiger partial charge is 0.370 e. The van der Waals surface area contributed by atoms with Crippen LogP contribution in [0.2, 0.25) is 5.02 Å². The third-order valence-electron chi connectivity index (χ3n) is 3.79. The molecule has 1 saturated heterocycles. The third kappa shape index (κ3) is 3.12. The summed E-state index contributed by atoms with van der Waals surface area (Å²) >= 11 is 6.20.